The minimum Gasteiger partial charge on any atom is -0.434 e. The zero-order chi connectivity index (χ0) is 14.0. The van der Waals surface area contributed by atoms with E-state index in [-0.39, 0.29) is 11.6 Å². The third-order valence-electron chi connectivity index (χ3n) is 2.62. The van der Waals surface area contributed by atoms with Gasteiger partial charge in [0.1, 0.15) is 5.75 Å². The second-order valence-electron chi connectivity index (χ2n) is 4.05. The van der Waals surface area contributed by atoms with Crippen LogP contribution in [0, 0.1) is 24.0 Å². The zero-order valence-corrected chi connectivity index (χ0v) is 12.0. The summed E-state index contributed by atoms with van der Waals surface area (Å²) in [5.41, 5.74) is 1.39. The van der Waals surface area contributed by atoms with Crippen LogP contribution in [-0.4, -0.2) is 9.91 Å². The van der Waals surface area contributed by atoms with Crippen molar-refractivity contribution in [2.75, 3.05) is 0 Å². The minimum absolute atomic E-state index is 0.00622. The standard InChI is InChI=1S/C13H11BrN2O3/c1-8-5-6-15-13(12(8)16(17)18)19-10-3-4-11(14)9(2)7-10/h3-7H,1-2H3. The van der Waals surface area contributed by atoms with Gasteiger partial charge in [0, 0.05) is 16.2 Å². The highest BCUT2D eigenvalue weighted by atomic mass is 79.9. The molecule has 0 fully saturated rings. The van der Waals surface area contributed by atoms with Crippen molar-refractivity contribution in [3.8, 4) is 11.6 Å². The van der Waals surface area contributed by atoms with Gasteiger partial charge in [-0.15, -0.1) is 0 Å². The molecular weight excluding hydrogens is 312 g/mol. The van der Waals surface area contributed by atoms with Crippen LogP contribution in [0.1, 0.15) is 11.1 Å². The fourth-order valence-electron chi connectivity index (χ4n) is 1.61. The maximum atomic E-state index is 11.0. The van der Waals surface area contributed by atoms with Crippen molar-refractivity contribution in [3.63, 3.8) is 0 Å². The molecule has 0 atom stereocenters. The molecule has 0 saturated carbocycles. The van der Waals surface area contributed by atoms with Gasteiger partial charge in [-0.3, -0.25) is 10.1 Å². The Morgan fingerprint density at radius 1 is 1.26 bits per heavy atom. The molecule has 2 aromatic rings. The van der Waals surface area contributed by atoms with Gasteiger partial charge in [-0.05, 0) is 43.7 Å². The van der Waals surface area contributed by atoms with Crippen molar-refractivity contribution < 1.29 is 9.66 Å². The van der Waals surface area contributed by atoms with Gasteiger partial charge in [-0.2, -0.15) is 0 Å². The number of hydrogen-bond acceptors (Lipinski definition) is 4. The lowest BCUT2D eigenvalue weighted by atomic mass is 10.2. The number of ether oxygens (including phenoxy) is 1. The van der Waals surface area contributed by atoms with Gasteiger partial charge in [0.25, 0.3) is 5.88 Å². The summed E-state index contributed by atoms with van der Waals surface area (Å²) in [5.74, 6) is 0.522. The van der Waals surface area contributed by atoms with Crippen LogP contribution in [0.25, 0.3) is 0 Å². The summed E-state index contributed by atoms with van der Waals surface area (Å²) in [4.78, 5) is 14.5. The van der Waals surface area contributed by atoms with E-state index in [4.69, 9.17) is 4.74 Å². The lowest BCUT2D eigenvalue weighted by Gasteiger charge is -2.07. The molecule has 2 rings (SSSR count). The summed E-state index contributed by atoms with van der Waals surface area (Å²) >= 11 is 3.38. The number of benzene rings is 1. The van der Waals surface area contributed by atoms with Crippen molar-refractivity contribution in [2.24, 2.45) is 0 Å². The smallest absolute Gasteiger partial charge is 0.334 e. The van der Waals surface area contributed by atoms with Crippen LogP contribution in [0.4, 0.5) is 5.69 Å². The van der Waals surface area contributed by atoms with E-state index in [0.29, 0.717) is 11.3 Å². The molecular formula is C13H11BrN2O3. The highest BCUT2D eigenvalue weighted by Gasteiger charge is 2.20. The first-order valence-electron chi connectivity index (χ1n) is 5.53. The summed E-state index contributed by atoms with van der Waals surface area (Å²) < 4.78 is 6.46. The van der Waals surface area contributed by atoms with Crippen LogP contribution in [0.2, 0.25) is 0 Å². The molecule has 6 heteroatoms. The van der Waals surface area contributed by atoms with Crippen LogP contribution < -0.4 is 4.74 Å². The fourth-order valence-corrected chi connectivity index (χ4v) is 1.86. The Hall–Kier alpha value is -1.95. The number of nitrogens with zero attached hydrogens (tertiary/aromatic N) is 2. The second-order valence-corrected chi connectivity index (χ2v) is 4.91. The van der Waals surface area contributed by atoms with Crippen molar-refractivity contribution in [1.29, 1.82) is 0 Å². The predicted molar refractivity (Wildman–Crippen MR) is 74.6 cm³/mol. The average Bonchev–Trinajstić information content (AvgIpc) is 2.33. The molecule has 1 heterocycles. The molecule has 0 saturated heterocycles. The SMILES string of the molecule is Cc1cc(Oc2nccc(C)c2[N+](=O)[O-])ccc1Br. The maximum absolute atomic E-state index is 11.0. The van der Waals surface area contributed by atoms with Gasteiger partial charge in [-0.25, -0.2) is 4.98 Å². The number of rotatable bonds is 3. The Kier molecular flexibility index (Phi) is 3.80. The molecule has 0 aliphatic rings. The monoisotopic (exact) mass is 322 g/mol. The number of pyridine rings is 1. The normalized spacial score (nSPS) is 10.3. The lowest BCUT2D eigenvalue weighted by molar-refractivity contribution is -0.386. The van der Waals surface area contributed by atoms with Gasteiger partial charge in [-0.1, -0.05) is 15.9 Å². The van der Waals surface area contributed by atoms with Gasteiger partial charge in [0.2, 0.25) is 0 Å². The van der Waals surface area contributed by atoms with Crippen molar-refractivity contribution in [1.82, 2.24) is 4.98 Å². The molecule has 0 bridgehead atoms. The highest BCUT2D eigenvalue weighted by Crippen LogP contribution is 2.32. The van der Waals surface area contributed by atoms with E-state index in [9.17, 15) is 10.1 Å². The van der Waals surface area contributed by atoms with Crippen LogP contribution in [0.5, 0.6) is 11.6 Å². The van der Waals surface area contributed by atoms with Crippen molar-refractivity contribution in [2.45, 2.75) is 13.8 Å². The summed E-state index contributed by atoms with van der Waals surface area (Å²) in [7, 11) is 0. The summed E-state index contributed by atoms with van der Waals surface area (Å²) in [6.45, 7) is 3.56. The first-order chi connectivity index (χ1) is 8.99. The molecule has 5 nitrogen and oxygen atoms in total. The topological polar surface area (TPSA) is 65.3 Å². The van der Waals surface area contributed by atoms with Crippen molar-refractivity contribution >= 4 is 21.6 Å². The molecule has 0 N–H and O–H groups in total. The van der Waals surface area contributed by atoms with E-state index < -0.39 is 4.92 Å². The van der Waals surface area contributed by atoms with Crippen LogP contribution in [0.3, 0.4) is 0 Å². The maximum Gasteiger partial charge on any atom is 0.334 e. The van der Waals surface area contributed by atoms with E-state index in [1.807, 2.05) is 13.0 Å². The molecule has 0 aliphatic carbocycles. The summed E-state index contributed by atoms with van der Waals surface area (Å²) in [6.07, 6.45) is 1.49. The average molecular weight is 323 g/mol. The quantitative estimate of drug-likeness (QED) is 0.628. The number of halogens is 1. The first kappa shape index (κ1) is 13.5. The molecule has 19 heavy (non-hydrogen) atoms. The largest absolute Gasteiger partial charge is 0.434 e. The third-order valence-corrected chi connectivity index (χ3v) is 3.51. The number of aryl methyl sites for hydroxylation is 2. The Bertz CT molecular complexity index is 644. The Labute approximate surface area is 118 Å². The molecule has 0 aliphatic heterocycles. The van der Waals surface area contributed by atoms with Crippen LogP contribution >= 0.6 is 15.9 Å². The summed E-state index contributed by atoms with van der Waals surface area (Å²) in [5, 5.41) is 11.0. The molecule has 1 aromatic carbocycles. The molecule has 0 amide bonds. The number of hydrogen-bond donors (Lipinski definition) is 0. The number of nitro groups is 1. The first-order valence-corrected chi connectivity index (χ1v) is 6.32. The van der Waals surface area contributed by atoms with Gasteiger partial charge < -0.3 is 4.74 Å². The molecule has 0 radical (unpaired) electrons. The van der Waals surface area contributed by atoms with E-state index >= 15 is 0 Å². The molecule has 0 spiro atoms. The Balaban J connectivity index is 2.40. The van der Waals surface area contributed by atoms with E-state index in [0.717, 1.165) is 10.0 Å². The van der Waals surface area contributed by atoms with Gasteiger partial charge in [0.15, 0.2) is 0 Å². The second kappa shape index (κ2) is 5.36. The van der Waals surface area contributed by atoms with Crippen molar-refractivity contribution in [3.05, 3.63) is 56.2 Å². The predicted octanol–water partition coefficient (Wildman–Crippen LogP) is 4.16. The number of aromatic nitrogens is 1. The third kappa shape index (κ3) is 2.90. The fraction of sp³-hybridized carbons (Fsp3) is 0.154. The van der Waals surface area contributed by atoms with E-state index in [1.165, 1.54) is 6.20 Å². The molecule has 0 unspecified atom stereocenters. The Morgan fingerprint density at radius 3 is 2.63 bits per heavy atom. The molecule has 98 valence electrons. The van der Waals surface area contributed by atoms with E-state index in [2.05, 4.69) is 20.9 Å². The lowest BCUT2D eigenvalue weighted by Crippen LogP contribution is -1.98. The van der Waals surface area contributed by atoms with Crippen LogP contribution in [-0.2, 0) is 0 Å². The Morgan fingerprint density at radius 2 is 2.00 bits per heavy atom. The van der Waals surface area contributed by atoms with Gasteiger partial charge in [0.05, 0.1) is 4.92 Å². The minimum atomic E-state index is -0.483. The van der Waals surface area contributed by atoms with E-state index in [1.54, 1.807) is 25.1 Å². The van der Waals surface area contributed by atoms with Gasteiger partial charge >= 0.3 is 5.69 Å². The summed E-state index contributed by atoms with van der Waals surface area (Å²) in [6, 6.07) is 6.92. The zero-order valence-electron chi connectivity index (χ0n) is 10.4. The molecule has 1 aromatic heterocycles. The van der Waals surface area contributed by atoms with Crippen LogP contribution in [0.15, 0.2) is 34.9 Å². The highest BCUT2D eigenvalue weighted by molar-refractivity contribution is 9.10.